The number of sulfonamides is 1. The van der Waals surface area contributed by atoms with E-state index in [1.54, 1.807) is 34.5 Å². The van der Waals surface area contributed by atoms with Crippen molar-refractivity contribution in [3.8, 4) is 0 Å². The predicted octanol–water partition coefficient (Wildman–Crippen LogP) is 4.16. The molecular weight excluding hydrogens is 412 g/mol. The molecule has 28 heavy (non-hydrogen) atoms. The molecule has 3 aromatic rings. The summed E-state index contributed by atoms with van der Waals surface area (Å²) in [6, 6.07) is 13.2. The summed E-state index contributed by atoms with van der Waals surface area (Å²) in [7, 11) is -3.60. The molecule has 0 aliphatic carbocycles. The smallest absolute Gasteiger partial charge is 0.296 e. The van der Waals surface area contributed by atoms with Gasteiger partial charge < -0.3 is 0 Å². The number of thiazole rings is 1. The second-order valence-corrected chi connectivity index (χ2v) is 10.8. The molecule has 1 heterocycles. The van der Waals surface area contributed by atoms with E-state index in [-0.39, 0.29) is 15.8 Å². The molecule has 0 fully saturated rings. The SMILES string of the molecule is Cc1cccc(CSCCNS(=O)(=O)c2ccc3c(c2)sc(=O)n3C(C)C)c1. The van der Waals surface area contributed by atoms with Crippen LogP contribution < -0.4 is 9.60 Å². The van der Waals surface area contributed by atoms with Crippen LogP contribution in [0.25, 0.3) is 10.2 Å². The lowest BCUT2D eigenvalue weighted by Crippen LogP contribution is -2.26. The Balaban J connectivity index is 1.62. The highest BCUT2D eigenvalue weighted by atomic mass is 32.2. The van der Waals surface area contributed by atoms with Crippen molar-refractivity contribution >= 4 is 43.3 Å². The lowest BCUT2D eigenvalue weighted by molar-refractivity contribution is 0.584. The average Bonchev–Trinajstić information content (AvgIpc) is 2.96. The van der Waals surface area contributed by atoms with Gasteiger partial charge in [-0.15, -0.1) is 0 Å². The fraction of sp³-hybridized carbons (Fsp3) is 0.350. The zero-order valence-corrected chi connectivity index (χ0v) is 18.6. The molecule has 0 aliphatic heterocycles. The predicted molar refractivity (Wildman–Crippen MR) is 119 cm³/mol. The Labute approximate surface area is 173 Å². The quantitative estimate of drug-likeness (QED) is 0.538. The second-order valence-electron chi connectivity index (χ2n) is 6.90. The van der Waals surface area contributed by atoms with Gasteiger partial charge in [0.25, 0.3) is 0 Å². The first-order valence-electron chi connectivity index (χ1n) is 9.06. The Hall–Kier alpha value is -1.61. The van der Waals surface area contributed by atoms with Crippen LogP contribution in [-0.4, -0.2) is 25.3 Å². The fourth-order valence-corrected chi connectivity index (χ4v) is 6.12. The van der Waals surface area contributed by atoms with Crippen molar-refractivity contribution in [1.82, 2.24) is 9.29 Å². The summed E-state index contributed by atoms with van der Waals surface area (Å²) < 4.78 is 30.2. The van der Waals surface area contributed by atoms with Crippen molar-refractivity contribution in [2.45, 2.75) is 37.5 Å². The third-order valence-corrected chi connectivity index (χ3v) is 7.71. The van der Waals surface area contributed by atoms with E-state index in [0.29, 0.717) is 17.0 Å². The summed E-state index contributed by atoms with van der Waals surface area (Å²) in [4.78, 5) is 12.3. The van der Waals surface area contributed by atoms with Gasteiger partial charge in [0.15, 0.2) is 0 Å². The largest absolute Gasteiger partial charge is 0.308 e. The Bertz CT molecular complexity index is 1130. The summed E-state index contributed by atoms with van der Waals surface area (Å²) in [5.41, 5.74) is 3.24. The summed E-state index contributed by atoms with van der Waals surface area (Å²) in [5, 5.41) is 0. The molecule has 0 spiro atoms. The standard InChI is InChI=1S/C20H24N2O3S3/c1-14(2)22-18-8-7-17(12-19(18)27-20(22)23)28(24,25)21-9-10-26-13-16-6-4-5-15(3)11-16/h4-8,11-12,14,21H,9-10,13H2,1-3H3. The third kappa shape index (κ3) is 4.86. The van der Waals surface area contributed by atoms with Crippen LogP contribution in [0.2, 0.25) is 0 Å². The molecule has 0 saturated heterocycles. The number of rotatable bonds is 8. The van der Waals surface area contributed by atoms with Crippen LogP contribution in [0.3, 0.4) is 0 Å². The molecule has 0 amide bonds. The second kappa shape index (κ2) is 8.82. The minimum atomic E-state index is -3.60. The van der Waals surface area contributed by atoms with Crippen molar-refractivity contribution in [2.24, 2.45) is 0 Å². The normalized spacial score (nSPS) is 12.1. The van der Waals surface area contributed by atoms with Crippen LogP contribution >= 0.6 is 23.1 Å². The molecule has 0 radical (unpaired) electrons. The lowest BCUT2D eigenvalue weighted by atomic mass is 10.2. The van der Waals surface area contributed by atoms with Crippen molar-refractivity contribution in [2.75, 3.05) is 12.3 Å². The molecule has 150 valence electrons. The zero-order valence-electron chi connectivity index (χ0n) is 16.1. The van der Waals surface area contributed by atoms with E-state index in [1.807, 2.05) is 19.9 Å². The maximum absolute atomic E-state index is 12.6. The van der Waals surface area contributed by atoms with E-state index in [0.717, 1.165) is 22.6 Å². The van der Waals surface area contributed by atoms with E-state index in [1.165, 1.54) is 11.1 Å². The molecule has 5 nitrogen and oxygen atoms in total. The van der Waals surface area contributed by atoms with Gasteiger partial charge in [-0.3, -0.25) is 9.36 Å². The van der Waals surface area contributed by atoms with Crippen molar-refractivity contribution < 1.29 is 8.42 Å². The first kappa shape index (κ1) is 21.1. The number of fused-ring (bicyclic) bond motifs is 1. The average molecular weight is 437 g/mol. The highest BCUT2D eigenvalue weighted by molar-refractivity contribution is 7.98. The number of nitrogens with zero attached hydrogens (tertiary/aromatic N) is 1. The molecule has 1 N–H and O–H groups in total. The van der Waals surface area contributed by atoms with Gasteiger partial charge in [0.2, 0.25) is 10.0 Å². The van der Waals surface area contributed by atoms with Gasteiger partial charge in [0.1, 0.15) is 0 Å². The number of benzene rings is 2. The fourth-order valence-electron chi connectivity index (χ4n) is 3.00. The molecule has 1 aromatic heterocycles. The van der Waals surface area contributed by atoms with Gasteiger partial charge in [-0.2, -0.15) is 11.8 Å². The number of thioether (sulfide) groups is 1. The van der Waals surface area contributed by atoms with E-state index in [4.69, 9.17) is 0 Å². The molecule has 3 rings (SSSR count). The summed E-state index contributed by atoms with van der Waals surface area (Å²) >= 11 is 2.77. The molecule has 0 unspecified atom stereocenters. The van der Waals surface area contributed by atoms with E-state index < -0.39 is 10.0 Å². The van der Waals surface area contributed by atoms with Crippen LogP contribution in [0.1, 0.15) is 31.0 Å². The molecule has 0 aliphatic rings. The summed E-state index contributed by atoms with van der Waals surface area (Å²) in [6.45, 7) is 6.30. The van der Waals surface area contributed by atoms with Crippen LogP contribution in [-0.2, 0) is 15.8 Å². The topological polar surface area (TPSA) is 68.2 Å². The number of aryl methyl sites for hydroxylation is 1. The molecule has 0 bridgehead atoms. The molecular formula is C20H24N2O3S3. The van der Waals surface area contributed by atoms with Gasteiger partial charge >= 0.3 is 4.87 Å². The molecule has 2 aromatic carbocycles. The highest BCUT2D eigenvalue weighted by Crippen LogP contribution is 2.24. The van der Waals surface area contributed by atoms with E-state index in [2.05, 4.69) is 29.8 Å². The van der Waals surface area contributed by atoms with Crippen molar-refractivity contribution in [1.29, 1.82) is 0 Å². The van der Waals surface area contributed by atoms with Crippen LogP contribution in [0.4, 0.5) is 0 Å². The zero-order chi connectivity index (χ0) is 20.3. The minimum absolute atomic E-state index is 0.0345. The maximum Gasteiger partial charge on any atom is 0.308 e. The monoisotopic (exact) mass is 436 g/mol. The summed E-state index contributed by atoms with van der Waals surface area (Å²) in [6.07, 6.45) is 0. The maximum atomic E-state index is 12.6. The molecule has 0 saturated carbocycles. The number of hydrogen-bond donors (Lipinski definition) is 1. The number of hydrogen-bond acceptors (Lipinski definition) is 5. The van der Waals surface area contributed by atoms with Crippen molar-refractivity contribution in [3.63, 3.8) is 0 Å². The first-order chi connectivity index (χ1) is 13.3. The van der Waals surface area contributed by atoms with E-state index in [9.17, 15) is 13.2 Å². The highest BCUT2D eigenvalue weighted by Gasteiger charge is 2.17. The van der Waals surface area contributed by atoms with Gasteiger partial charge in [-0.1, -0.05) is 41.2 Å². The third-order valence-electron chi connectivity index (χ3n) is 4.30. The minimum Gasteiger partial charge on any atom is -0.296 e. The molecule has 8 heteroatoms. The van der Waals surface area contributed by atoms with Crippen LogP contribution in [0.15, 0.2) is 52.2 Å². The van der Waals surface area contributed by atoms with E-state index >= 15 is 0 Å². The van der Waals surface area contributed by atoms with Crippen LogP contribution in [0.5, 0.6) is 0 Å². The Morgan fingerprint density at radius 3 is 2.68 bits per heavy atom. The number of aromatic nitrogens is 1. The van der Waals surface area contributed by atoms with Crippen molar-refractivity contribution in [3.05, 3.63) is 63.3 Å². The number of nitrogens with one attached hydrogen (secondary N) is 1. The lowest BCUT2D eigenvalue weighted by Gasteiger charge is -2.09. The van der Waals surface area contributed by atoms with Gasteiger partial charge in [-0.05, 0) is 44.5 Å². The molecule has 0 atom stereocenters. The summed E-state index contributed by atoms with van der Waals surface area (Å²) in [5.74, 6) is 1.54. The van der Waals surface area contributed by atoms with Gasteiger partial charge in [-0.25, -0.2) is 13.1 Å². The Morgan fingerprint density at radius 2 is 1.96 bits per heavy atom. The van der Waals surface area contributed by atoms with Crippen LogP contribution in [0, 0.1) is 6.92 Å². The van der Waals surface area contributed by atoms with Gasteiger partial charge in [0, 0.05) is 24.1 Å². The van der Waals surface area contributed by atoms with Gasteiger partial charge in [0.05, 0.1) is 15.1 Å². The Kier molecular flexibility index (Phi) is 6.65. The Morgan fingerprint density at radius 1 is 1.18 bits per heavy atom. The first-order valence-corrected chi connectivity index (χ1v) is 12.5.